The number of hydrogen-bond donors (Lipinski definition) is 0. The summed E-state index contributed by atoms with van der Waals surface area (Å²) < 4.78 is 1.65. The molecule has 0 aliphatic carbocycles. The van der Waals surface area contributed by atoms with Gasteiger partial charge in [0.25, 0.3) is 5.56 Å². The van der Waals surface area contributed by atoms with Crippen molar-refractivity contribution in [2.75, 3.05) is 19.0 Å². The van der Waals surface area contributed by atoms with E-state index in [0.717, 1.165) is 11.4 Å². The Morgan fingerprint density at radius 3 is 2.31 bits per heavy atom. The average Bonchev–Trinajstić information content (AvgIpc) is 2.30. The summed E-state index contributed by atoms with van der Waals surface area (Å²) in [4.78, 5) is 13.7. The standard InChI is InChI=1S/C13H14N2O/c1-14(2)12-8-9-13(16)15(10-12)11-6-4-3-5-7-11/h3-10H,1-2H3. The van der Waals surface area contributed by atoms with Gasteiger partial charge in [0.15, 0.2) is 0 Å². The van der Waals surface area contributed by atoms with Crippen molar-refractivity contribution in [3.8, 4) is 5.69 Å². The first-order chi connectivity index (χ1) is 7.68. The zero-order valence-electron chi connectivity index (χ0n) is 9.42. The zero-order valence-corrected chi connectivity index (χ0v) is 9.42. The largest absolute Gasteiger partial charge is 0.376 e. The summed E-state index contributed by atoms with van der Waals surface area (Å²) in [6, 6.07) is 13.0. The Morgan fingerprint density at radius 1 is 1.00 bits per heavy atom. The second kappa shape index (κ2) is 4.23. The molecule has 0 fully saturated rings. The van der Waals surface area contributed by atoms with Crippen LogP contribution in [0.1, 0.15) is 0 Å². The summed E-state index contributed by atoms with van der Waals surface area (Å²) in [6.45, 7) is 0. The van der Waals surface area contributed by atoms with Crippen LogP contribution in [-0.2, 0) is 0 Å². The van der Waals surface area contributed by atoms with Gasteiger partial charge in [-0.05, 0) is 18.2 Å². The monoisotopic (exact) mass is 214 g/mol. The molecule has 1 heterocycles. The fourth-order valence-corrected chi connectivity index (χ4v) is 1.53. The minimum absolute atomic E-state index is 0.0169. The maximum atomic E-state index is 11.7. The van der Waals surface area contributed by atoms with Crippen LogP contribution >= 0.6 is 0 Å². The molecular formula is C13H14N2O. The summed E-state index contributed by atoms with van der Waals surface area (Å²) in [6.07, 6.45) is 1.84. The molecule has 1 aromatic heterocycles. The second-order valence-corrected chi connectivity index (χ2v) is 3.83. The van der Waals surface area contributed by atoms with Gasteiger partial charge >= 0.3 is 0 Å². The van der Waals surface area contributed by atoms with E-state index in [2.05, 4.69) is 0 Å². The van der Waals surface area contributed by atoms with Gasteiger partial charge in [0, 0.05) is 32.0 Å². The van der Waals surface area contributed by atoms with Crippen LogP contribution in [0.3, 0.4) is 0 Å². The average molecular weight is 214 g/mol. The van der Waals surface area contributed by atoms with Crippen molar-refractivity contribution in [3.05, 3.63) is 59.0 Å². The van der Waals surface area contributed by atoms with Gasteiger partial charge in [0.2, 0.25) is 0 Å². The van der Waals surface area contributed by atoms with Gasteiger partial charge < -0.3 is 4.90 Å². The van der Waals surface area contributed by atoms with E-state index in [1.165, 1.54) is 0 Å². The summed E-state index contributed by atoms with van der Waals surface area (Å²) in [5, 5.41) is 0. The van der Waals surface area contributed by atoms with E-state index in [9.17, 15) is 4.79 Å². The van der Waals surface area contributed by atoms with E-state index in [4.69, 9.17) is 0 Å². The lowest BCUT2D eigenvalue weighted by Crippen LogP contribution is -2.19. The molecule has 0 N–H and O–H groups in total. The highest BCUT2D eigenvalue weighted by atomic mass is 16.1. The molecule has 2 aromatic rings. The molecule has 0 aliphatic heterocycles. The second-order valence-electron chi connectivity index (χ2n) is 3.83. The van der Waals surface area contributed by atoms with Crippen LogP contribution in [0.5, 0.6) is 0 Å². The van der Waals surface area contributed by atoms with Gasteiger partial charge in [-0.1, -0.05) is 18.2 Å². The summed E-state index contributed by atoms with van der Waals surface area (Å²) >= 11 is 0. The Balaban J connectivity index is 2.56. The molecule has 0 spiro atoms. The third-order valence-corrected chi connectivity index (χ3v) is 2.45. The first-order valence-electron chi connectivity index (χ1n) is 5.14. The fourth-order valence-electron chi connectivity index (χ4n) is 1.53. The van der Waals surface area contributed by atoms with E-state index >= 15 is 0 Å². The Morgan fingerprint density at radius 2 is 1.69 bits per heavy atom. The SMILES string of the molecule is CN(C)c1ccc(=O)n(-c2ccccc2)c1. The molecule has 1 aromatic carbocycles. The molecule has 0 saturated heterocycles. The quantitative estimate of drug-likeness (QED) is 0.763. The first-order valence-corrected chi connectivity index (χ1v) is 5.14. The first kappa shape index (κ1) is 10.5. The predicted octanol–water partition coefficient (Wildman–Crippen LogP) is 1.90. The fraction of sp³-hybridized carbons (Fsp3) is 0.154. The highest BCUT2D eigenvalue weighted by molar-refractivity contribution is 5.45. The molecular weight excluding hydrogens is 200 g/mol. The minimum Gasteiger partial charge on any atom is -0.376 e. The molecule has 0 aliphatic rings. The van der Waals surface area contributed by atoms with E-state index < -0.39 is 0 Å². The molecule has 0 radical (unpaired) electrons. The van der Waals surface area contributed by atoms with Crippen molar-refractivity contribution >= 4 is 5.69 Å². The lowest BCUT2D eigenvalue weighted by Gasteiger charge is -2.14. The smallest absolute Gasteiger partial charge is 0.255 e. The molecule has 3 heteroatoms. The number of rotatable bonds is 2. The van der Waals surface area contributed by atoms with Gasteiger partial charge in [0.1, 0.15) is 0 Å². The highest BCUT2D eigenvalue weighted by Gasteiger charge is 2.01. The van der Waals surface area contributed by atoms with E-state index in [1.807, 2.05) is 61.6 Å². The molecule has 0 amide bonds. The van der Waals surface area contributed by atoms with Crippen molar-refractivity contribution in [1.29, 1.82) is 0 Å². The topological polar surface area (TPSA) is 25.2 Å². The van der Waals surface area contributed by atoms with E-state index in [1.54, 1.807) is 10.6 Å². The number of anilines is 1. The number of para-hydroxylation sites is 1. The summed E-state index contributed by atoms with van der Waals surface area (Å²) in [5.41, 5.74) is 1.87. The summed E-state index contributed by atoms with van der Waals surface area (Å²) in [5.74, 6) is 0. The number of hydrogen-bond acceptors (Lipinski definition) is 2. The third kappa shape index (κ3) is 1.98. The van der Waals surface area contributed by atoms with Crippen LogP contribution in [0.2, 0.25) is 0 Å². The maximum absolute atomic E-state index is 11.7. The Kier molecular flexibility index (Phi) is 2.77. The number of pyridine rings is 1. The van der Waals surface area contributed by atoms with Gasteiger partial charge in [-0.3, -0.25) is 9.36 Å². The third-order valence-electron chi connectivity index (χ3n) is 2.45. The molecule has 0 unspecified atom stereocenters. The van der Waals surface area contributed by atoms with Crippen molar-refractivity contribution in [1.82, 2.24) is 4.57 Å². The Bertz CT molecular complexity index is 529. The van der Waals surface area contributed by atoms with Gasteiger partial charge in [-0.2, -0.15) is 0 Å². The van der Waals surface area contributed by atoms with Crippen molar-refractivity contribution in [2.45, 2.75) is 0 Å². The molecule has 3 nitrogen and oxygen atoms in total. The molecule has 2 rings (SSSR count). The van der Waals surface area contributed by atoms with Crippen LogP contribution < -0.4 is 10.5 Å². The van der Waals surface area contributed by atoms with Crippen LogP contribution in [-0.4, -0.2) is 18.7 Å². The molecule has 82 valence electrons. The van der Waals surface area contributed by atoms with Gasteiger partial charge in [-0.15, -0.1) is 0 Å². The van der Waals surface area contributed by atoms with Crippen LogP contribution in [0.25, 0.3) is 5.69 Å². The summed E-state index contributed by atoms with van der Waals surface area (Å²) in [7, 11) is 3.91. The normalized spacial score (nSPS) is 10.1. The molecule has 0 atom stereocenters. The molecule has 0 bridgehead atoms. The van der Waals surface area contributed by atoms with Crippen LogP contribution in [0.15, 0.2) is 53.5 Å². The highest BCUT2D eigenvalue weighted by Crippen LogP contribution is 2.11. The maximum Gasteiger partial charge on any atom is 0.255 e. The van der Waals surface area contributed by atoms with E-state index in [-0.39, 0.29) is 5.56 Å². The Labute approximate surface area is 94.6 Å². The van der Waals surface area contributed by atoms with Crippen LogP contribution in [0, 0.1) is 0 Å². The van der Waals surface area contributed by atoms with Crippen molar-refractivity contribution in [3.63, 3.8) is 0 Å². The van der Waals surface area contributed by atoms with Gasteiger partial charge in [-0.25, -0.2) is 0 Å². The van der Waals surface area contributed by atoms with Crippen molar-refractivity contribution in [2.24, 2.45) is 0 Å². The Hall–Kier alpha value is -2.03. The van der Waals surface area contributed by atoms with Crippen LogP contribution in [0.4, 0.5) is 5.69 Å². The molecule has 0 saturated carbocycles. The zero-order chi connectivity index (χ0) is 11.5. The number of aromatic nitrogens is 1. The van der Waals surface area contributed by atoms with Crippen molar-refractivity contribution < 1.29 is 0 Å². The lowest BCUT2D eigenvalue weighted by molar-refractivity contribution is 0.971. The number of nitrogens with zero attached hydrogens (tertiary/aromatic N) is 2. The van der Waals surface area contributed by atoms with Gasteiger partial charge in [0.05, 0.1) is 5.69 Å². The van der Waals surface area contributed by atoms with E-state index in [0.29, 0.717) is 0 Å². The number of benzene rings is 1. The molecule has 16 heavy (non-hydrogen) atoms. The predicted molar refractivity (Wildman–Crippen MR) is 66.4 cm³/mol. The minimum atomic E-state index is -0.0169. The lowest BCUT2D eigenvalue weighted by atomic mass is 10.3.